The monoisotopic (exact) mass is 502 g/mol. The van der Waals surface area contributed by atoms with E-state index >= 15 is 0 Å². The number of amides is 1. The van der Waals surface area contributed by atoms with E-state index in [0.29, 0.717) is 5.92 Å². The van der Waals surface area contributed by atoms with Crippen LogP contribution in [-0.4, -0.2) is 23.9 Å². The molecule has 0 aliphatic carbocycles. The summed E-state index contributed by atoms with van der Waals surface area (Å²) in [6.45, 7) is 6.08. The molecule has 4 nitrogen and oxygen atoms in total. The topological polar surface area (TPSA) is 45.5 Å². The number of hydrogen-bond donors (Lipinski definition) is 1. The van der Waals surface area contributed by atoms with Crippen LogP contribution in [0.15, 0.2) is 77.4 Å². The molecular formula is C30H31FN2O2S. The van der Waals surface area contributed by atoms with Gasteiger partial charge in [0.05, 0.1) is 12.3 Å². The molecule has 1 aliphatic rings. The predicted octanol–water partition coefficient (Wildman–Crippen LogP) is 7.39. The van der Waals surface area contributed by atoms with Gasteiger partial charge in [0.15, 0.2) is 5.76 Å². The van der Waals surface area contributed by atoms with Crippen LogP contribution in [0.2, 0.25) is 0 Å². The number of aryl methyl sites for hydroxylation is 1. The first-order valence-electron chi connectivity index (χ1n) is 12.5. The van der Waals surface area contributed by atoms with Gasteiger partial charge < -0.3 is 9.73 Å². The number of nitrogens with zero attached hydrogens (tertiary/aromatic N) is 1. The van der Waals surface area contributed by atoms with Crippen LogP contribution >= 0.6 is 11.3 Å². The van der Waals surface area contributed by atoms with E-state index in [1.54, 1.807) is 23.5 Å². The molecular weight excluding hydrogens is 471 g/mol. The first-order chi connectivity index (χ1) is 17.5. The fourth-order valence-corrected chi connectivity index (χ4v) is 6.29. The van der Waals surface area contributed by atoms with Crippen molar-refractivity contribution in [1.29, 1.82) is 0 Å². The SMILES string of the molecule is Cc1sc(NC(=O)c2ccco2)c([C@@H](c2ccc(F)cc2)N2CCC(Cc3ccccc3)CC2)c1C. The maximum Gasteiger partial charge on any atom is 0.291 e. The summed E-state index contributed by atoms with van der Waals surface area (Å²) >= 11 is 1.58. The molecule has 0 saturated carbocycles. The lowest BCUT2D eigenvalue weighted by atomic mass is 9.87. The molecule has 1 aliphatic heterocycles. The Morgan fingerprint density at radius 1 is 1.06 bits per heavy atom. The van der Waals surface area contributed by atoms with Gasteiger partial charge in [-0.05, 0) is 93.1 Å². The van der Waals surface area contributed by atoms with Gasteiger partial charge in [-0.15, -0.1) is 11.3 Å². The van der Waals surface area contributed by atoms with E-state index in [-0.39, 0.29) is 23.5 Å². The minimum Gasteiger partial charge on any atom is -0.459 e. The van der Waals surface area contributed by atoms with Crippen LogP contribution in [0.4, 0.5) is 9.39 Å². The van der Waals surface area contributed by atoms with E-state index in [0.717, 1.165) is 58.9 Å². The van der Waals surface area contributed by atoms with Crippen molar-refractivity contribution >= 4 is 22.2 Å². The molecule has 1 atom stereocenters. The van der Waals surface area contributed by atoms with Gasteiger partial charge in [-0.25, -0.2) is 4.39 Å². The summed E-state index contributed by atoms with van der Waals surface area (Å²) in [6.07, 6.45) is 4.80. The number of nitrogens with one attached hydrogen (secondary N) is 1. The van der Waals surface area contributed by atoms with Crippen LogP contribution in [0.25, 0.3) is 0 Å². The number of anilines is 1. The Hall–Kier alpha value is -3.22. The molecule has 186 valence electrons. The summed E-state index contributed by atoms with van der Waals surface area (Å²) in [4.78, 5) is 16.5. The average molecular weight is 503 g/mol. The van der Waals surface area contributed by atoms with E-state index in [2.05, 4.69) is 54.4 Å². The van der Waals surface area contributed by atoms with E-state index in [9.17, 15) is 9.18 Å². The molecule has 2 aromatic carbocycles. The van der Waals surface area contributed by atoms with Crippen molar-refractivity contribution in [2.45, 2.75) is 39.2 Å². The Morgan fingerprint density at radius 2 is 1.78 bits per heavy atom. The molecule has 0 unspecified atom stereocenters. The molecule has 1 saturated heterocycles. The van der Waals surface area contributed by atoms with Gasteiger partial charge in [0.2, 0.25) is 0 Å². The highest BCUT2D eigenvalue weighted by Gasteiger charge is 2.32. The molecule has 0 radical (unpaired) electrons. The third-order valence-corrected chi connectivity index (χ3v) is 8.38. The smallest absolute Gasteiger partial charge is 0.291 e. The number of thiophene rings is 1. The van der Waals surface area contributed by atoms with Gasteiger partial charge in [0.25, 0.3) is 5.91 Å². The normalized spacial score (nSPS) is 15.6. The highest BCUT2D eigenvalue weighted by Crippen LogP contribution is 2.43. The molecule has 6 heteroatoms. The second-order valence-electron chi connectivity index (χ2n) is 9.58. The molecule has 5 rings (SSSR count). The summed E-state index contributed by atoms with van der Waals surface area (Å²) < 4.78 is 19.2. The molecule has 1 N–H and O–H groups in total. The first-order valence-corrected chi connectivity index (χ1v) is 13.3. The van der Waals surface area contributed by atoms with Gasteiger partial charge in [-0.2, -0.15) is 0 Å². The quantitative estimate of drug-likeness (QED) is 0.286. The first kappa shape index (κ1) is 24.5. The molecule has 0 spiro atoms. The zero-order valence-corrected chi connectivity index (χ0v) is 21.5. The van der Waals surface area contributed by atoms with Crippen molar-refractivity contribution in [3.05, 3.63) is 112 Å². The minimum atomic E-state index is -0.262. The summed E-state index contributed by atoms with van der Waals surface area (Å²) in [6, 6.07) is 20.8. The van der Waals surface area contributed by atoms with Crippen molar-refractivity contribution < 1.29 is 13.6 Å². The fourth-order valence-electron chi connectivity index (χ4n) is 5.21. The summed E-state index contributed by atoms with van der Waals surface area (Å²) in [5.41, 5.74) is 4.67. The van der Waals surface area contributed by atoms with Crippen LogP contribution < -0.4 is 5.32 Å². The molecule has 4 aromatic rings. The highest BCUT2D eigenvalue weighted by atomic mass is 32.1. The third kappa shape index (κ3) is 5.30. The number of furan rings is 1. The fraction of sp³-hybridized carbons (Fsp3) is 0.300. The number of hydrogen-bond acceptors (Lipinski definition) is 4. The Bertz CT molecular complexity index is 1290. The number of carbonyl (C=O) groups is 1. The van der Waals surface area contributed by atoms with Crippen molar-refractivity contribution in [3.8, 4) is 0 Å². The average Bonchev–Trinajstić information content (AvgIpc) is 3.52. The number of piperidine rings is 1. The van der Waals surface area contributed by atoms with Crippen molar-refractivity contribution in [1.82, 2.24) is 4.90 Å². The maximum absolute atomic E-state index is 13.9. The van der Waals surface area contributed by atoms with Gasteiger partial charge in [-0.1, -0.05) is 42.5 Å². The largest absolute Gasteiger partial charge is 0.459 e. The predicted molar refractivity (Wildman–Crippen MR) is 143 cm³/mol. The van der Waals surface area contributed by atoms with E-state index in [1.165, 1.54) is 24.0 Å². The van der Waals surface area contributed by atoms with Crippen LogP contribution in [-0.2, 0) is 6.42 Å². The molecule has 3 heterocycles. The van der Waals surface area contributed by atoms with Crippen molar-refractivity contribution in [3.63, 3.8) is 0 Å². The zero-order chi connectivity index (χ0) is 25.1. The zero-order valence-electron chi connectivity index (χ0n) is 20.7. The van der Waals surface area contributed by atoms with Gasteiger partial charge in [0.1, 0.15) is 10.8 Å². The second kappa shape index (κ2) is 10.8. The number of carbonyl (C=O) groups excluding carboxylic acids is 1. The summed E-state index contributed by atoms with van der Waals surface area (Å²) in [7, 11) is 0. The van der Waals surface area contributed by atoms with Crippen LogP contribution in [0.3, 0.4) is 0 Å². The standard InChI is InChI=1S/C30H31FN2O2S/c1-20-21(2)36-30(32-29(34)26-9-6-18-35-26)27(20)28(24-10-12-25(31)13-11-24)33-16-14-23(15-17-33)19-22-7-4-3-5-8-22/h3-13,18,23,28H,14-17,19H2,1-2H3,(H,32,34)/t28-/m1/s1. The molecule has 1 amide bonds. The summed E-state index contributed by atoms with van der Waals surface area (Å²) in [5.74, 6) is 0.413. The number of rotatable bonds is 7. The highest BCUT2D eigenvalue weighted by molar-refractivity contribution is 7.16. The van der Waals surface area contributed by atoms with E-state index in [1.807, 2.05) is 12.1 Å². The summed E-state index contributed by atoms with van der Waals surface area (Å²) in [5, 5.41) is 3.93. The molecule has 0 bridgehead atoms. The van der Waals surface area contributed by atoms with E-state index in [4.69, 9.17) is 4.42 Å². The Balaban J connectivity index is 1.44. The second-order valence-corrected chi connectivity index (χ2v) is 10.8. The molecule has 36 heavy (non-hydrogen) atoms. The Morgan fingerprint density at radius 3 is 2.44 bits per heavy atom. The van der Waals surface area contributed by atoms with Crippen LogP contribution in [0.1, 0.15) is 56.6 Å². The lowest BCUT2D eigenvalue weighted by Crippen LogP contribution is -2.38. The number of likely N-dealkylation sites (tertiary alicyclic amines) is 1. The molecule has 1 fully saturated rings. The van der Waals surface area contributed by atoms with Crippen LogP contribution in [0, 0.1) is 25.6 Å². The third-order valence-electron chi connectivity index (χ3n) is 7.24. The van der Waals surface area contributed by atoms with Crippen molar-refractivity contribution in [2.24, 2.45) is 5.92 Å². The van der Waals surface area contributed by atoms with Gasteiger partial charge >= 0.3 is 0 Å². The Labute approximate surface area is 215 Å². The number of benzene rings is 2. The van der Waals surface area contributed by atoms with Gasteiger partial charge in [0, 0.05) is 10.4 Å². The lowest BCUT2D eigenvalue weighted by Gasteiger charge is -2.38. The Kier molecular flexibility index (Phi) is 7.35. The maximum atomic E-state index is 13.9. The van der Waals surface area contributed by atoms with Gasteiger partial charge in [-0.3, -0.25) is 9.69 Å². The minimum absolute atomic E-state index is 0.0693. The van der Waals surface area contributed by atoms with E-state index < -0.39 is 0 Å². The molecule has 2 aromatic heterocycles. The number of halogens is 1. The lowest BCUT2D eigenvalue weighted by molar-refractivity contribution is 0.0996. The van der Waals surface area contributed by atoms with Crippen molar-refractivity contribution in [2.75, 3.05) is 18.4 Å². The van der Waals surface area contributed by atoms with Crippen LogP contribution in [0.5, 0.6) is 0 Å².